The van der Waals surface area contributed by atoms with Crippen molar-refractivity contribution in [2.24, 2.45) is 0 Å². The van der Waals surface area contributed by atoms with Crippen molar-refractivity contribution in [3.63, 3.8) is 0 Å². The van der Waals surface area contributed by atoms with E-state index in [1.165, 1.54) is 36.5 Å². The number of benzene rings is 1. The molecule has 1 atom stereocenters. The Morgan fingerprint density at radius 3 is 2.58 bits per heavy atom. The van der Waals surface area contributed by atoms with Crippen LogP contribution < -0.4 is 10.7 Å². The number of nitrogens with zero attached hydrogens (tertiary/aromatic N) is 3. The normalized spacial score (nSPS) is 12.7. The summed E-state index contributed by atoms with van der Waals surface area (Å²) >= 11 is 1.53. The molecule has 2 aromatic heterocycles. The minimum atomic E-state index is -4.62. The number of amides is 1. The summed E-state index contributed by atoms with van der Waals surface area (Å²) in [7, 11) is 3.72. The lowest BCUT2D eigenvalue weighted by molar-refractivity contribution is -0.137. The standard InChI is InChI=1S/C21H21F3N4O2S/c1-13-10-18(29)19(20(30)25-11-17(27(2)3)14-8-9-31-12-14)26-28(13)16-7-5-4-6-15(16)21(22,23)24/h4-10,12,17H,11H2,1-3H3,(H,25,30). The zero-order chi connectivity index (χ0) is 22.8. The molecule has 3 rings (SSSR count). The molecule has 0 aliphatic carbocycles. The van der Waals surface area contributed by atoms with Crippen LogP contribution in [0.1, 0.15) is 33.4 Å². The van der Waals surface area contributed by atoms with Gasteiger partial charge in [0.15, 0.2) is 5.69 Å². The number of carbonyl (C=O) groups excluding carboxylic acids is 1. The van der Waals surface area contributed by atoms with E-state index in [4.69, 9.17) is 0 Å². The largest absolute Gasteiger partial charge is 0.418 e. The lowest BCUT2D eigenvalue weighted by atomic mass is 10.1. The van der Waals surface area contributed by atoms with Crippen molar-refractivity contribution in [2.45, 2.75) is 19.1 Å². The second-order valence-corrected chi connectivity index (χ2v) is 7.95. The second-order valence-electron chi connectivity index (χ2n) is 7.17. The summed E-state index contributed by atoms with van der Waals surface area (Å²) in [6.07, 6.45) is -4.62. The average molecular weight is 450 g/mol. The Morgan fingerprint density at radius 1 is 1.26 bits per heavy atom. The van der Waals surface area contributed by atoms with Crippen LogP contribution in [0.15, 0.2) is 52.0 Å². The van der Waals surface area contributed by atoms with E-state index in [-0.39, 0.29) is 24.0 Å². The molecule has 0 spiro atoms. The smallest absolute Gasteiger partial charge is 0.349 e. The minimum absolute atomic E-state index is 0.131. The van der Waals surface area contributed by atoms with E-state index >= 15 is 0 Å². The summed E-state index contributed by atoms with van der Waals surface area (Å²) in [4.78, 5) is 27.0. The van der Waals surface area contributed by atoms with E-state index in [0.29, 0.717) is 0 Å². The lowest BCUT2D eigenvalue weighted by Crippen LogP contribution is -2.37. The first kappa shape index (κ1) is 22.7. The van der Waals surface area contributed by atoms with Crippen LogP contribution in [0.3, 0.4) is 0 Å². The summed E-state index contributed by atoms with van der Waals surface area (Å²) in [5.41, 5.74) is -1.11. The summed E-state index contributed by atoms with van der Waals surface area (Å²) in [6, 6.07) is 7.79. The fourth-order valence-corrected chi connectivity index (χ4v) is 3.89. The quantitative estimate of drug-likeness (QED) is 0.623. The predicted octanol–water partition coefficient (Wildman–Crippen LogP) is 3.65. The highest BCUT2D eigenvalue weighted by molar-refractivity contribution is 7.07. The first-order valence-electron chi connectivity index (χ1n) is 9.34. The Labute approximate surface area is 180 Å². The minimum Gasteiger partial charge on any atom is -0.349 e. The number of alkyl halides is 3. The highest BCUT2D eigenvalue weighted by atomic mass is 32.1. The van der Waals surface area contributed by atoms with E-state index < -0.39 is 28.8 Å². The van der Waals surface area contributed by atoms with Crippen molar-refractivity contribution in [3.8, 4) is 5.69 Å². The van der Waals surface area contributed by atoms with E-state index in [1.54, 1.807) is 0 Å². The van der Waals surface area contributed by atoms with Gasteiger partial charge in [-0.15, -0.1) is 0 Å². The summed E-state index contributed by atoms with van der Waals surface area (Å²) in [5, 5.41) is 10.5. The number of para-hydroxylation sites is 1. The van der Waals surface area contributed by atoms with E-state index in [1.807, 2.05) is 35.8 Å². The monoisotopic (exact) mass is 450 g/mol. The van der Waals surface area contributed by atoms with Gasteiger partial charge in [0, 0.05) is 18.3 Å². The first-order valence-corrected chi connectivity index (χ1v) is 10.3. The number of nitrogens with one attached hydrogen (secondary N) is 1. The molecule has 164 valence electrons. The van der Waals surface area contributed by atoms with Gasteiger partial charge >= 0.3 is 6.18 Å². The van der Waals surface area contributed by atoms with Crippen LogP contribution in [0.2, 0.25) is 0 Å². The molecular formula is C21H21F3N4O2S. The number of thiophene rings is 1. The second kappa shape index (κ2) is 9.03. The van der Waals surface area contributed by atoms with Crippen LogP contribution in [-0.4, -0.2) is 41.2 Å². The molecule has 2 heterocycles. The third-order valence-corrected chi connectivity index (χ3v) is 5.47. The number of likely N-dealkylation sites (N-methyl/N-ethyl adjacent to an activating group) is 1. The molecule has 31 heavy (non-hydrogen) atoms. The zero-order valence-corrected chi connectivity index (χ0v) is 17.9. The molecule has 0 bridgehead atoms. The van der Waals surface area contributed by atoms with E-state index in [2.05, 4.69) is 10.4 Å². The molecule has 6 nitrogen and oxygen atoms in total. The van der Waals surface area contributed by atoms with Crippen LogP contribution in [0.25, 0.3) is 5.69 Å². The van der Waals surface area contributed by atoms with Gasteiger partial charge in [-0.05, 0) is 55.5 Å². The molecule has 3 aromatic rings. The maximum Gasteiger partial charge on any atom is 0.418 e. The van der Waals surface area contributed by atoms with Crippen LogP contribution in [0.4, 0.5) is 13.2 Å². The number of rotatable bonds is 6. The Kier molecular flexibility index (Phi) is 6.61. The van der Waals surface area contributed by atoms with Crippen LogP contribution in [-0.2, 0) is 6.18 Å². The van der Waals surface area contributed by atoms with Gasteiger partial charge in [0.05, 0.1) is 17.3 Å². The maximum atomic E-state index is 13.4. The van der Waals surface area contributed by atoms with Crippen molar-refractivity contribution in [2.75, 3.05) is 20.6 Å². The number of hydrogen-bond donors (Lipinski definition) is 1. The zero-order valence-electron chi connectivity index (χ0n) is 17.1. The Hall–Kier alpha value is -2.98. The van der Waals surface area contributed by atoms with Crippen molar-refractivity contribution < 1.29 is 18.0 Å². The molecule has 1 unspecified atom stereocenters. The van der Waals surface area contributed by atoms with Gasteiger partial charge in [-0.3, -0.25) is 9.59 Å². The van der Waals surface area contributed by atoms with Gasteiger partial charge in [0.1, 0.15) is 0 Å². The molecule has 1 N–H and O–H groups in total. The topological polar surface area (TPSA) is 67.2 Å². The van der Waals surface area contributed by atoms with E-state index in [0.717, 1.165) is 22.4 Å². The summed E-state index contributed by atoms with van der Waals surface area (Å²) in [5.74, 6) is -0.745. The van der Waals surface area contributed by atoms with Gasteiger partial charge in [-0.2, -0.15) is 29.6 Å². The fraction of sp³-hybridized carbons (Fsp3) is 0.286. The fourth-order valence-electron chi connectivity index (χ4n) is 3.18. The Morgan fingerprint density at radius 2 is 1.97 bits per heavy atom. The Bertz CT molecular complexity index is 1120. The lowest BCUT2D eigenvalue weighted by Gasteiger charge is -2.24. The number of carbonyl (C=O) groups is 1. The molecule has 10 heteroatoms. The summed E-state index contributed by atoms with van der Waals surface area (Å²) in [6.45, 7) is 1.67. The Balaban J connectivity index is 1.93. The third kappa shape index (κ3) is 5.02. The van der Waals surface area contributed by atoms with Crippen LogP contribution >= 0.6 is 11.3 Å². The van der Waals surface area contributed by atoms with Gasteiger partial charge in [0.25, 0.3) is 5.91 Å². The van der Waals surface area contributed by atoms with Crippen molar-refractivity contribution in [3.05, 3.63) is 79.9 Å². The molecule has 1 aromatic carbocycles. The van der Waals surface area contributed by atoms with Crippen molar-refractivity contribution in [1.82, 2.24) is 20.0 Å². The maximum absolute atomic E-state index is 13.4. The number of halogens is 3. The molecular weight excluding hydrogens is 429 g/mol. The third-order valence-electron chi connectivity index (χ3n) is 4.77. The predicted molar refractivity (Wildman–Crippen MR) is 113 cm³/mol. The van der Waals surface area contributed by atoms with E-state index in [9.17, 15) is 22.8 Å². The highest BCUT2D eigenvalue weighted by Crippen LogP contribution is 2.33. The van der Waals surface area contributed by atoms with Crippen LogP contribution in [0, 0.1) is 6.92 Å². The number of aryl methyl sites for hydroxylation is 1. The average Bonchev–Trinajstić information content (AvgIpc) is 3.21. The SMILES string of the molecule is Cc1cc(=O)c(C(=O)NCC(c2ccsc2)N(C)C)nn1-c1ccccc1C(F)(F)F. The molecule has 0 fully saturated rings. The highest BCUT2D eigenvalue weighted by Gasteiger charge is 2.34. The van der Waals surface area contributed by atoms with Crippen molar-refractivity contribution >= 4 is 17.2 Å². The molecule has 0 saturated heterocycles. The molecule has 0 saturated carbocycles. The molecule has 1 amide bonds. The molecule has 0 radical (unpaired) electrons. The number of aromatic nitrogens is 2. The molecule has 0 aliphatic rings. The molecule has 0 aliphatic heterocycles. The first-order chi connectivity index (χ1) is 14.6. The van der Waals surface area contributed by atoms with Crippen LogP contribution in [0.5, 0.6) is 0 Å². The van der Waals surface area contributed by atoms with Gasteiger partial charge in [-0.25, -0.2) is 4.68 Å². The summed E-state index contributed by atoms with van der Waals surface area (Å²) < 4.78 is 41.3. The van der Waals surface area contributed by atoms with Gasteiger partial charge < -0.3 is 10.2 Å². The van der Waals surface area contributed by atoms with Gasteiger partial charge in [-0.1, -0.05) is 12.1 Å². The van der Waals surface area contributed by atoms with Gasteiger partial charge in [0.2, 0.25) is 5.43 Å². The number of hydrogen-bond acceptors (Lipinski definition) is 5. The van der Waals surface area contributed by atoms with Crippen molar-refractivity contribution in [1.29, 1.82) is 0 Å².